The molecule has 0 radical (unpaired) electrons. The standard InChI is InChI=1S/C28H28N4O/c1-27(2,3)25(33)22-14-29-26-24(22)31-23(15-30-26)18-8-7-11-21(12-18)32-16-20-13-28(20,17-32)19-9-5-4-6-10-19/h4-12,14-15,20H,13,16-17H2,1-3H3,(H,29,30). The van der Waals surface area contributed by atoms with Crippen LogP contribution < -0.4 is 4.90 Å². The fraction of sp³-hybridized carbons (Fsp3) is 0.321. The molecule has 1 saturated heterocycles. The van der Waals surface area contributed by atoms with Gasteiger partial charge < -0.3 is 9.88 Å². The maximum atomic E-state index is 12.9. The Hall–Kier alpha value is -3.47. The van der Waals surface area contributed by atoms with Crippen LogP contribution in [0.2, 0.25) is 0 Å². The highest BCUT2D eigenvalue weighted by molar-refractivity contribution is 6.08. The highest BCUT2D eigenvalue weighted by Crippen LogP contribution is 2.59. The van der Waals surface area contributed by atoms with Crippen molar-refractivity contribution in [3.8, 4) is 11.3 Å². The van der Waals surface area contributed by atoms with E-state index in [-0.39, 0.29) is 5.78 Å². The molecule has 1 aliphatic heterocycles. The summed E-state index contributed by atoms with van der Waals surface area (Å²) in [6.07, 6.45) is 4.81. The van der Waals surface area contributed by atoms with E-state index in [1.807, 2.05) is 20.8 Å². The van der Waals surface area contributed by atoms with E-state index < -0.39 is 5.41 Å². The monoisotopic (exact) mass is 436 g/mol. The van der Waals surface area contributed by atoms with Crippen LogP contribution in [-0.4, -0.2) is 33.8 Å². The number of hydrogen-bond donors (Lipinski definition) is 1. The molecule has 3 heterocycles. The molecule has 2 atom stereocenters. The van der Waals surface area contributed by atoms with Crippen LogP contribution in [0.3, 0.4) is 0 Å². The maximum Gasteiger partial charge on any atom is 0.171 e. The Balaban J connectivity index is 1.31. The number of aromatic amines is 1. The number of benzene rings is 2. The molecule has 2 fully saturated rings. The Morgan fingerprint density at radius 2 is 1.94 bits per heavy atom. The number of rotatable bonds is 4. The second-order valence-corrected chi connectivity index (χ2v) is 10.6. The first-order valence-electron chi connectivity index (χ1n) is 11.6. The summed E-state index contributed by atoms with van der Waals surface area (Å²) in [5.41, 5.74) is 6.22. The minimum Gasteiger partial charge on any atom is -0.370 e. The third kappa shape index (κ3) is 3.26. The lowest BCUT2D eigenvalue weighted by atomic mass is 9.87. The number of hydrogen-bond acceptors (Lipinski definition) is 4. The van der Waals surface area contributed by atoms with Gasteiger partial charge in [0.2, 0.25) is 0 Å². The van der Waals surface area contributed by atoms with E-state index in [1.54, 1.807) is 12.4 Å². The second-order valence-electron chi connectivity index (χ2n) is 10.6. The van der Waals surface area contributed by atoms with E-state index in [0.29, 0.717) is 22.1 Å². The molecule has 33 heavy (non-hydrogen) atoms. The number of carbonyl (C=O) groups excluding carboxylic acids is 1. The SMILES string of the molecule is CC(C)(C)C(=O)c1c[nH]c2ncc(-c3cccc(N4CC5CC5(c5ccccc5)C4)c3)nc12. The van der Waals surface area contributed by atoms with Crippen molar-refractivity contribution >= 4 is 22.6 Å². The molecule has 0 spiro atoms. The number of ketones is 1. The Morgan fingerprint density at radius 1 is 1.12 bits per heavy atom. The summed E-state index contributed by atoms with van der Waals surface area (Å²) in [5.74, 6) is 0.793. The first-order chi connectivity index (χ1) is 15.8. The van der Waals surface area contributed by atoms with Crippen LogP contribution in [0.15, 0.2) is 67.0 Å². The Bertz CT molecular complexity index is 1370. The largest absolute Gasteiger partial charge is 0.370 e. The Morgan fingerprint density at radius 3 is 2.73 bits per heavy atom. The van der Waals surface area contributed by atoms with E-state index in [4.69, 9.17) is 4.98 Å². The number of aromatic nitrogens is 3. The molecule has 0 bridgehead atoms. The van der Waals surface area contributed by atoms with Gasteiger partial charge in [0, 0.05) is 41.4 Å². The lowest BCUT2D eigenvalue weighted by Crippen LogP contribution is -2.26. The highest BCUT2D eigenvalue weighted by Gasteiger charge is 2.60. The van der Waals surface area contributed by atoms with Gasteiger partial charge in [-0.15, -0.1) is 0 Å². The van der Waals surface area contributed by atoms with Crippen molar-refractivity contribution in [1.82, 2.24) is 15.0 Å². The van der Waals surface area contributed by atoms with Crippen molar-refractivity contribution in [2.24, 2.45) is 11.3 Å². The molecular formula is C28H28N4O. The van der Waals surface area contributed by atoms with Crippen LogP contribution in [-0.2, 0) is 5.41 Å². The van der Waals surface area contributed by atoms with Gasteiger partial charge in [-0.1, -0.05) is 63.2 Å². The van der Waals surface area contributed by atoms with Gasteiger partial charge in [-0.3, -0.25) is 4.79 Å². The average Bonchev–Trinajstić information content (AvgIpc) is 3.17. The van der Waals surface area contributed by atoms with E-state index in [2.05, 4.69) is 69.5 Å². The third-order valence-electron chi connectivity index (χ3n) is 7.31. The van der Waals surface area contributed by atoms with Gasteiger partial charge in [0.25, 0.3) is 0 Å². The van der Waals surface area contributed by atoms with Crippen molar-refractivity contribution in [2.45, 2.75) is 32.6 Å². The highest BCUT2D eigenvalue weighted by atomic mass is 16.1. The van der Waals surface area contributed by atoms with Crippen molar-refractivity contribution in [1.29, 1.82) is 0 Å². The van der Waals surface area contributed by atoms with Crippen LogP contribution >= 0.6 is 0 Å². The number of Topliss-reactive ketones (excluding diaryl/α,β-unsaturated/α-hetero) is 1. The number of anilines is 1. The third-order valence-corrected chi connectivity index (χ3v) is 7.31. The van der Waals surface area contributed by atoms with Gasteiger partial charge in [0.15, 0.2) is 11.4 Å². The molecule has 2 unspecified atom stereocenters. The first-order valence-corrected chi connectivity index (χ1v) is 11.6. The summed E-state index contributed by atoms with van der Waals surface area (Å²) in [5, 5.41) is 0. The van der Waals surface area contributed by atoms with Crippen molar-refractivity contribution in [2.75, 3.05) is 18.0 Å². The number of carbonyl (C=O) groups is 1. The van der Waals surface area contributed by atoms with Crippen LogP contribution in [0.25, 0.3) is 22.4 Å². The molecule has 166 valence electrons. The smallest absolute Gasteiger partial charge is 0.171 e. The number of nitrogens with one attached hydrogen (secondary N) is 1. The predicted octanol–water partition coefficient (Wildman–Crippen LogP) is 5.63. The molecule has 1 saturated carbocycles. The molecule has 6 rings (SSSR count). The quantitative estimate of drug-likeness (QED) is 0.421. The molecule has 1 aliphatic carbocycles. The predicted molar refractivity (Wildman–Crippen MR) is 132 cm³/mol. The van der Waals surface area contributed by atoms with Crippen LogP contribution in [0, 0.1) is 11.3 Å². The molecule has 5 heteroatoms. The van der Waals surface area contributed by atoms with E-state index in [0.717, 1.165) is 30.3 Å². The Kier molecular flexibility index (Phi) is 4.28. The topological polar surface area (TPSA) is 61.9 Å². The van der Waals surface area contributed by atoms with E-state index >= 15 is 0 Å². The number of fused-ring (bicyclic) bond motifs is 2. The molecule has 2 aromatic carbocycles. The number of H-pyrrole nitrogens is 1. The van der Waals surface area contributed by atoms with Gasteiger partial charge in [0.05, 0.1) is 17.5 Å². The van der Waals surface area contributed by atoms with Crippen molar-refractivity contribution < 1.29 is 4.79 Å². The fourth-order valence-corrected chi connectivity index (χ4v) is 5.37. The summed E-state index contributed by atoms with van der Waals surface area (Å²) in [4.78, 5) is 27.9. The van der Waals surface area contributed by atoms with Crippen LogP contribution in [0.5, 0.6) is 0 Å². The van der Waals surface area contributed by atoms with Gasteiger partial charge in [-0.2, -0.15) is 0 Å². The normalized spacial score (nSPS) is 21.9. The van der Waals surface area contributed by atoms with Crippen LogP contribution in [0.4, 0.5) is 5.69 Å². The average molecular weight is 437 g/mol. The number of nitrogens with zero attached hydrogens (tertiary/aromatic N) is 3. The fourth-order valence-electron chi connectivity index (χ4n) is 5.37. The summed E-state index contributed by atoms with van der Waals surface area (Å²) >= 11 is 0. The van der Waals surface area contributed by atoms with E-state index in [9.17, 15) is 4.79 Å². The molecule has 2 aliphatic rings. The summed E-state index contributed by atoms with van der Waals surface area (Å²) in [6.45, 7) is 7.93. The maximum absolute atomic E-state index is 12.9. The number of piperidine rings is 1. The molecule has 2 aromatic heterocycles. The lowest BCUT2D eigenvalue weighted by Gasteiger charge is -2.24. The molecule has 5 nitrogen and oxygen atoms in total. The molecular weight excluding hydrogens is 408 g/mol. The van der Waals surface area contributed by atoms with E-state index in [1.165, 1.54) is 17.7 Å². The zero-order chi connectivity index (χ0) is 22.8. The van der Waals surface area contributed by atoms with Gasteiger partial charge in [-0.25, -0.2) is 9.97 Å². The molecule has 1 N–H and O–H groups in total. The summed E-state index contributed by atoms with van der Waals surface area (Å²) in [6, 6.07) is 19.5. The Labute approximate surface area is 193 Å². The summed E-state index contributed by atoms with van der Waals surface area (Å²) in [7, 11) is 0. The van der Waals surface area contributed by atoms with Gasteiger partial charge >= 0.3 is 0 Å². The van der Waals surface area contributed by atoms with Gasteiger partial charge in [-0.05, 0) is 30.0 Å². The van der Waals surface area contributed by atoms with Crippen LogP contribution in [0.1, 0.15) is 43.1 Å². The minimum atomic E-state index is -0.474. The lowest BCUT2D eigenvalue weighted by molar-refractivity contribution is 0.0860. The zero-order valence-electron chi connectivity index (χ0n) is 19.3. The first kappa shape index (κ1) is 20.2. The van der Waals surface area contributed by atoms with Gasteiger partial charge in [0.1, 0.15) is 5.52 Å². The molecule has 0 amide bonds. The van der Waals surface area contributed by atoms with Crippen molar-refractivity contribution in [3.63, 3.8) is 0 Å². The second kappa shape index (κ2) is 7.01. The summed E-state index contributed by atoms with van der Waals surface area (Å²) < 4.78 is 0. The minimum absolute atomic E-state index is 0.0662. The molecule has 4 aromatic rings. The van der Waals surface area contributed by atoms with Crippen molar-refractivity contribution in [3.05, 3.63) is 78.1 Å². The zero-order valence-corrected chi connectivity index (χ0v) is 19.3.